The molecule has 0 atom stereocenters. The van der Waals surface area contributed by atoms with Gasteiger partial charge in [-0.25, -0.2) is 0 Å². The molecule has 0 aromatic heterocycles. The highest BCUT2D eigenvalue weighted by molar-refractivity contribution is 9.10. The maximum absolute atomic E-state index is 12.5. The minimum atomic E-state index is -0.398. The second kappa shape index (κ2) is 8.13. The van der Waals surface area contributed by atoms with Crippen molar-refractivity contribution in [3.63, 3.8) is 0 Å². The summed E-state index contributed by atoms with van der Waals surface area (Å²) in [5.74, 6) is -0.587. The van der Waals surface area contributed by atoms with Gasteiger partial charge in [0.2, 0.25) is 0 Å². The van der Waals surface area contributed by atoms with E-state index in [2.05, 4.69) is 21.2 Å². The second-order valence-corrected chi connectivity index (χ2v) is 6.18. The van der Waals surface area contributed by atoms with Crippen molar-refractivity contribution in [1.82, 2.24) is 0 Å². The molecular formula is C17H15BrClNO3. The van der Waals surface area contributed by atoms with Gasteiger partial charge in [0, 0.05) is 21.6 Å². The number of carbonyl (C=O) groups is 2. The second-order valence-electron chi connectivity index (χ2n) is 4.83. The summed E-state index contributed by atoms with van der Waals surface area (Å²) in [4.78, 5) is 24.1. The van der Waals surface area contributed by atoms with Crippen LogP contribution in [0.2, 0.25) is 5.02 Å². The molecule has 0 radical (unpaired) electrons. The molecule has 0 fully saturated rings. The molecule has 6 heteroatoms. The molecule has 0 bridgehead atoms. The highest BCUT2D eigenvalue weighted by atomic mass is 79.9. The quantitative estimate of drug-likeness (QED) is 0.567. The van der Waals surface area contributed by atoms with Crippen LogP contribution < -0.4 is 10.1 Å². The monoisotopic (exact) mass is 395 g/mol. The fourth-order valence-corrected chi connectivity index (χ4v) is 2.48. The number of benzene rings is 2. The molecule has 0 aliphatic rings. The maximum atomic E-state index is 12.5. The van der Waals surface area contributed by atoms with Crippen LogP contribution in [0.15, 0.2) is 46.9 Å². The molecule has 0 spiro atoms. The predicted octanol–water partition coefficient (Wildman–Crippen LogP) is 5.06. The van der Waals surface area contributed by atoms with E-state index in [-0.39, 0.29) is 23.7 Å². The van der Waals surface area contributed by atoms with Gasteiger partial charge in [-0.3, -0.25) is 9.59 Å². The number of carbonyl (C=O) groups excluding carboxylic acids is 2. The number of halogens is 2. The highest BCUT2D eigenvalue weighted by Gasteiger charge is 2.16. The van der Waals surface area contributed by atoms with Gasteiger partial charge in [-0.15, -0.1) is 0 Å². The molecule has 0 heterocycles. The molecule has 2 aromatic carbocycles. The molecule has 1 N–H and O–H groups in total. The van der Waals surface area contributed by atoms with E-state index in [4.69, 9.17) is 16.3 Å². The van der Waals surface area contributed by atoms with Crippen molar-refractivity contribution in [2.24, 2.45) is 0 Å². The minimum Gasteiger partial charge on any atom is -0.426 e. The SMILES string of the molecule is CCCC(=O)Oc1ccc(Cl)cc1C(=O)Nc1cccc(Br)c1. The number of esters is 1. The van der Waals surface area contributed by atoms with Crippen molar-refractivity contribution in [2.45, 2.75) is 19.8 Å². The minimum absolute atomic E-state index is 0.195. The number of ether oxygens (including phenoxy) is 1. The van der Waals surface area contributed by atoms with Crippen LogP contribution in [-0.2, 0) is 4.79 Å². The molecule has 0 aliphatic carbocycles. The maximum Gasteiger partial charge on any atom is 0.311 e. The summed E-state index contributed by atoms with van der Waals surface area (Å²) in [7, 11) is 0. The third-order valence-electron chi connectivity index (χ3n) is 2.95. The molecule has 1 amide bonds. The Bertz CT molecular complexity index is 734. The third kappa shape index (κ3) is 5.08. The Morgan fingerprint density at radius 3 is 2.70 bits per heavy atom. The van der Waals surface area contributed by atoms with Gasteiger partial charge in [0.1, 0.15) is 5.75 Å². The Labute approximate surface area is 147 Å². The average molecular weight is 397 g/mol. The van der Waals surface area contributed by atoms with E-state index in [0.717, 1.165) is 4.47 Å². The fourth-order valence-electron chi connectivity index (χ4n) is 1.91. The van der Waals surface area contributed by atoms with E-state index in [0.29, 0.717) is 17.1 Å². The molecule has 23 heavy (non-hydrogen) atoms. The summed E-state index contributed by atoms with van der Waals surface area (Å²) < 4.78 is 6.10. The van der Waals surface area contributed by atoms with Crippen molar-refractivity contribution in [2.75, 3.05) is 5.32 Å². The van der Waals surface area contributed by atoms with E-state index in [1.807, 2.05) is 13.0 Å². The molecular weight excluding hydrogens is 382 g/mol. The molecule has 120 valence electrons. The predicted molar refractivity (Wildman–Crippen MR) is 94.1 cm³/mol. The first-order valence-corrected chi connectivity index (χ1v) is 8.24. The number of hydrogen-bond donors (Lipinski definition) is 1. The third-order valence-corrected chi connectivity index (χ3v) is 3.67. The van der Waals surface area contributed by atoms with E-state index >= 15 is 0 Å². The normalized spacial score (nSPS) is 10.2. The Kier molecular flexibility index (Phi) is 6.19. The molecule has 4 nitrogen and oxygen atoms in total. The van der Waals surface area contributed by atoms with Crippen LogP contribution >= 0.6 is 27.5 Å². The van der Waals surface area contributed by atoms with E-state index < -0.39 is 5.91 Å². The largest absolute Gasteiger partial charge is 0.426 e. The lowest BCUT2D eigenvalue weighted by molar-refractivity contribution is -0.134. The van der Waals surface area contributed by atoms with Gasteiger partial charge in [-0.1, -0.05) is 40.5 Å². The van der Waals surface area contributed by atoms with Crippen LogP contribution in [0.4, 0.5) is 5.69 Å². The number of anilines is 1. The van der Waals surface area contributed by atoms with Gasteiger partial charge >= 0.3 is 5.97 Å². The van der Waals surface area contributed by atoms with Gasteiger partial charge in [0.15, 0.2) is 0 Å². The first kappa shape index (κ1) is 17.5. The zero-order chi connectivity index (χ0) is 16.8. The summed E-state index contributed by atoms with van der Waals surface area (Å²) in [5, 5.41) is 3.14. The Morgan fingerprint density at radius 1 is 1.22 bits per heavy atom. The number of rotatable bonds is 5. The van der Waals surface area contributed by atoms with E-state index in [1.54, 1.807) is 24.3 Å². The van der Waals surface area contributed by atoms with Gasteiger partial charge in [-0.2, -0.15) is 0 Å². The Hall–Kier alpha value is -1.85. The molecule has 0 unspecified atom stereocenters. The van der Waals surface area contributed by atoms with Crippen LogP contribution in [0.25, 0.3) is 0 Å². The van der Waals surface area contributed by atoms with Gasteiger partial charge in [0.25, 0.3) is 5.91 Å². The van der Waals surface area contributed by atoms with Crippen LogP contribution in [0.3, 0.4) is 0 Å². The molecule has 2 rings (SSSR count). The topological polar surface area (TPSA) is 55.4 Å². The summed E-state index contributed by atoms with van der Waals surface area (Å²) in [6.07, 6.45) is 0.960. The van der Waals surface area contributed by atoms with Crippen LogP contribution in [0.5, 0.6) is 5.75 Å². The number of nitrogens with one attached hydrogen (secondary N) is 1. The number of hydrogen-bond acceptors (Lipinski definition) is 3. The summed E-state index contributed by atoms with van der Waals surface area (Å²) in [6.45, 7) is 1.88. The van der Waals surface area contributed by atoms with Crippen LogP contribution in [0.1, 0.15) is 30.1 Å². The molecule has 2 aromatic rings. The lowest BCUT2D eigenvalue weighted by Gasteiger charge is -2.11. The van der Waals surface area contributed by atoms with Crippen molar-refractivity contribution in [3.8, 4) is 5.75 Å². The van der Waals surface area contributed by atoms with Crippen LogP contribution in [-0.4, -0.2) is 11.9 Å². The smallest absolute Gasteiger partial charge is 0.311 e. The lowest BCUT2D eigenvalue weighted by atomic mass is 10.1. The summed E-state index contributed by atoms with van der Waals surface area (Å²) in [6, 6.07) is 11.8. The zero-order valence-corrected chi connectivity index (χ0v) is 14.8. The summed E-state index contributed by atoms with van der Waals surface area (Å²) in [5.41, 5.74) is 0.831. The van der Waals surface area contributed by atoms with Crippen molar-refractivity contribution < 1.29 is 14.3 Å². The average Bonchev–Trinajstić information content (AvgIpc) is 2.49. The lowest BCUT2D eigenvalue weighted by Crippen LogP contribution is -2.16. The van der Waals surface area contributed by atoms with Gasteiger partial charge in [0.05, 0.1) is 5.56 Å². The highest BCUT2D eigenvalue weighted by Crippen LogP contribution is 2.25. The fraction of sp³-hybridized carbons (Fsp3) is 0.176. The summed E-state index contributed by atoms with van der Waals surface area (Å²) >= 11 is 9.30. The van der Waals surface area contributed by atoms with Crippen molar-refractivity contribution in [3.05, 3.63) is 57.5 Å². The van der Waals surface area contributed by atoms with E-state index in [9.17, 15) is 9.59 Å². The number of amides is 1. The first-order valence-electron chi connectivity index (χ1n) is 7.06. The Morgan fingerprint density at radius 2 is 2.00 bits per heavy atom. The van der Waals surface area contributed by atoms with Gasteiger partial charge < -0.3 is 10.1 Å². The van der Waals surface area contributed by atoms with Gasteiger partial charge in [-0.05, 0) is 42.8 Å². The van der Waals surface area contributed by atoms with Crippen molar-refractivity contribution >= 4 is 45.1 Å². The first-order chi connectivity index (χ1) is 11.0. The molecule has 0 saturated carbocycles. The van der Waals surface area contributed by atoms with Crippen LogP contribution in [0, 0.1) is 0 Å². The zero-order valence-electron chi connectivity index (χ0n) is 12.4. The van der Waals surface area contributed by atoms with E-state index in [1.165, 1.54) is 12.1 Å². The standard InChI is InChI=1S/C17H15BrClNO3/c1-2-4-16(21)23-15-8-7-12(19)10-14(15)17(22)20-13-6-3-5-11(18)9-13/h3,5-10H,2,4H2,1H3,(H,20,22). The van der Waals surface area contributed by atoms with Crippen molar-refractivity contribution in [1.29, 1.82) is 0 Å². The Balaban J connectivity index is 2.24. The molecule has 0 saturated heterocycles. The molecule has 0 aliphatic heterocycles.